The Bertz CT molecular complexity index is 320. The van der Waals surface area contributed by atoms with Crippen LogP contribution in [0.2, 0.25) is 0 Å². The van der Waals surface area contributed by atoms with Gasteiger partial charge >= 0.3 is 0 Å². The van der Waals surface area contributed by atoms with Crippen molar-refractivity contribution in [1.29, 1.82) is 0 Å². The largest absolute Gasteiger partial charge is 0.310 e. The number of hydrogen-bond donors (Lipinski definition) is 1. The Morgan fingerprint density at radius 1 is 1.00 bits per heavy atom. The maximum atomic E-state index is 3.60. The summed E-state index contributed by atoms with van der Waals surface area (Å²) < 4.78 is 0. The number of rotatable bonds is 4. The summed E-state index contributed by atoms with van der Waals surface area (Å²) in [7, 11) is 0. The summed E-state index contributed by atoms with van der Waals surface area (Å²) in [6.45, 7) is 1.05. The highest BCUT2D eigenvalue weighted by Crippen LogP contribution is 2.39. The van der Waals surface area contributed by atoms with Gasteiger partial charge in [-0.1, -0.05) is 30.7 Å². The molecule has 1 N–H and O–H groups in total. The molecule has 15 heavy (non-hydrogen) atoms. The van der Waals surface area contributed by atoms with Crippen LogP contribution < -0.4 is 5.32 Å². The standard InChI is InChI=1S/C14H19N/c1-2-14(3-1)15-10-11-4-6-12(7-5-11)13-8-9-13/h4-7,13-15H,1-3,8-10H2. The zero-order chi connectivity index (χ0) is 10.1. The van der Waals surface area contributed by atoms with Gasteiger partial charge in [0.1, 0.15) is 0 Å². The second-order valence-electron chi connectivity index (χ2n) is 5.02. The van der Waals surface area contributed by atoms with E-state index in [2.05, 4.69) is 29.6 Å². The van der Waals surface area contributed by atoms with Gasteiger partial charge in [0.05, 0.1) is 0 Å². The van der Waals surface area contributed by atoms with Crippen molar-refractivity contribution in [2.75, 3.05) is 0 Å². The smallest absolute Gasteiger partial charge is 0.0208 e. The van der Waals surface area contributed by atoms with Crippen molar-refractivity contribution in [3.63, 3.8) is 0 Å². The fraction of sp³-hybridized carbons (Fsp3) is 0.571. The molecule has 0 spiro atoms. The lowest BCUT2D eigenvalue weighted by Crippen LogP contribution is -2.34. The Balaban J connectivity index is 1.55. The SMILES string of the molecule is c1cc(C2CC2)ccc1CNC1CCC1. The lowest BCUT2D eigenvalue weighted by molar-refractivity contribution is 0.338. The Morgan fingerprint density at radius 3 is 2.27 bits per heavy atom. The van der Waals surface area contributed by atoms with Gasteiger partial charge in [0, 0.05) is 12.6 Å². The molecule has 0 saturated heterocycles. The van der Waals surface area contributed by atoms with Crippen molar-refractivity contribution in [1.82, 2.24) is 5.32 Å². The molecular weight excluding hydrogens is 182 g/mol. The predicted octanol–water partition coefficient (Wildman–Crippen LogP) is 3.21. The van der Waals surface area contributed by atoms with E-state index in [0.717, 1.165) is 18.5 Å². The Morgan fingerprint density at radius 2 is 1.73 bits per heavy atom. The van der Waals surface area contributed by atoms with Crippen LogP contribution in [0.25, 0.3) is 0 Å². The van der Waals surface area contributed by atoms with E-state index >= 15 is 0 Å². The average Bonchev–Trinajstić information content (AvgIpc) is 3.00. The van der Waals surface area contributed by atoms with E-state index in [-0.39, 0.29) is 0 Å². The van der Waals surface area contributed by atoms with Crippen LogP contribution in [0, 0.1) is 0 Å². The number of nitrogens with one attached hydrogen (secondary N) is 1. The lowest BCUT2D eigenvalue weighted by atomic mass is 9.93. The topological polar surface area (TPSA) is 12.0 Å². The van der Waals surface area contributed by atoms with Crippen molar-refractivity contribution >= 4 is 0 Å². The summed E-state index contributed by atoms with van der Waals surface area (Å²) >= 11 is 0. The van der Waals surface area contributed by atoms with Crippen LogP contribution in [-0.2, 0) is 6.54 Å². The third-order valence-corrected chi connectivity index (χ3v) is 3.73. The fourth-order valence-corrected chi connectivity index (χ4v) is 2.20. The Hall–Kier alpha value is -0.820. The van der Waals surface area contributed by atoms with Crippen molar-refractivity contribution in [3.05, 3.63) is 35.4 Å². The van der Waals surface area contributed by atoms with Crippen molar-refractivity contribution < 1.29 is 0 Å². The van der Waals surface area contributed by atoms with Crippen LogP contribution in [0.3, 0.4) is 0 Å². The minimum Gasteiger partial charge on any atom is -0.310 e. The van der Waals surface area contributed by atoms with E-state index in [0.29, 0.717) is 0 Å². The summed E-state index contributed by atoms with van der Waals surface area (Å²) in [6, 6.07) is 10.0. The predicted molar refractivity (Wildman–Crippen MR) is 62.9 cm³/mol. The van der Waals surface area contributed by atoms with Gasteiger partial charge in [0.25, 0.3) is 0 Å². The first-order valence-electron chi connectivity index (χ1n) is 6.24. The normalized spacial score (nSPS) is 21.3. The third-order valence-electron chi connectivity index (χ3n) is 3.73. The summed E-state index contributed by atoms with van der Waals surface area (Å²) in [6.07, 6.45) is 6.97. The first-order chi connectivity index (χ1) is 7.42. The molecule has 1 aromatic carbocycles. The maximum Gasteiger partial charge on any atom is 0.0208 e. The van der Waals surface area contributed by atoms with E-state index in [9.17, 15) is 0 Å². The summed E-state index contributed by atoms with van der Waals surface area (Å²) in [5.41, 5.74) is 2.98. The van der Waals surface area contributed by atoms with E-state index in [1.807, 2.05) is 0 Å². The Kier molecular flexibility index (Phi) is 2.49. The van der Waals surface area contributed by atoms with Gasteiger partial charge in [-0.15, -0.1) is 0 Å². The van der Waals surface area contributed by atoms with E-state index in [4.69, 9.17) is 0 Å². The molecule has 0 amide bonds. The molecule has 2 aliphatic rings. The molecule has 1 heteroatoms. The van der Waals surface area contributed by atoms with Gasteiger partial charge in [-0.05, 0) is 42.7 Å². The maximum absolute atomic E-state index is 3.60. The van der Waals surface area contributed by atoms with Gasteiger partial charge in [-0.25, -0.2) is 0 Å². The number of hydrogen-bond acceptors (Lipinski definition) is 1. The van der Waals surface area contributed by atoms with Crippen LogP contribution in [-0.4, -0.2) is 6.04 Å². The zero-order valence-corrected chi connectivity index (χ0v) is 9.21. The van der Waals surface area contributed by atoms with Crippen LogP contribution in [0.15, 0.2) is 24.3 Å². The third kappa shape index (κ3) is 2.23. The van der Waals surface area contributed by atoms with E-state index < -0.39 is 0 Å². The highest BCUT2D eigenvalue weighted by molar-refractivity contribution is 5.28. The second kappa shape index (κ2) is 3.97. The first-order valence-corrected chi connectivity index (χ1v) is 6.24. The second-order valence-corrected chi connectivity index (χ2v) is 5.02. The molecule has 2 aliphatic carbocycles. The van der Waals surface area contributed by atoms with Crippen molar-refractivity contribution in [3.8, 4) is 0 Å². The van der Waals surface area contributed by atoms with Gasteiger partial charge in [-0.3, -0.25) is 0 Å². The fourth-order valence-electron chi connectivity index (χ4n) is 2.20. The molecule has 0 unspecified atom stereocenters. The molecule has 2 saturated carbocycles. The molecule has 0 radical (unpaired) electrons. The highest BCUT2D eigenvalue weighted by Gasteiger charge is 2.23. The molecule has 1 nitrogen and oxygen atoms in total. The molecule has 1 aromatic rings. The van der Waals surface area contributed by atoms with Gasteiger partial charge in [0.15, 0.2) is 0 Å². The van der Waals surface area contributed by atoms with Gasteiger partial charge in [0.2, 0.25) is 0 Å². The monoisotopic (exact) mass is 201 g/mol. The lowest BCUT2D eigenvalue weighted by Gasteiger charge is -2.26. The van der Waals surface area contributed by atoms with Gasteiger partial charge in [-0.2, -0.15) is 0 Å². The molecule has 0 atom stereocenters. The summed E-state index contributed by atoms with van der Waals surface area (Å²) in [4.78, 5) is 0. The highest BCUT2D eigenvalue weighted by atomic mass is 14.9. The Labute approximate surface area is 91.9 Å². The van der Waals surface area contributed by atoms with Crippen molar-refractivity contribution in [2.24, 2.45) is 0 Å². The zero-order valence-electron chi connectivity index (χ0n) is 9.21. The van der Waals surface area contributed by atoms with E-state index in [1.54, 1.807) is 5.56 Å². The molecule has 2 fully saturated rings. The molecule has 80 valence electrons. The molecule has 0 aliphatic heterocycles. The summed E-state index contributed by atoms with van der Waals surface area (Å²) in [5, 5.41) is 3.60. The average molecular weight is 201 g/mol. The summed E-state index contributed by atoms with van der Waals surface area (Å²) in [5.74, 6) is 0.888. The van der Waals surface area contributed by atoms with Crippen molar-refractivity contribution in [2.45, 2.75) is 50.6 Å². The molecular formula is C14H19N. The van der Waals surface area contributed by atoms with Crippen LogP contribution in [0.1, 0.15) is 49.1 Å². The van der Waals surface area contributed by atoms with Crippen LogP contribution in [0.4, 0.5) is 0 Å². The molecule has 0 heterocycles. The molecule has 0 bridgehead atoms. The minimum atomic E-state index is 0.799. The minimum absolute atomic E-state index is 0.799. The van der Waals surface area contributed by atoms with E-state index in [1.165, 1.54) is 37.7 Å². The molecule has 0 aromatic heterocycles. The number of benzene rings is 1. The molecule has 3 rings (SSSR count). The van der Waals surface area contributed by atoms with Gasteiger partial charge < -0.3 is 5.32 Å². The van der Waals surface area contributed by atoms with Crippen LogP contribution in [0.5, 0.6) is 0 Å². The quantitative estimate of drug-likeness (QED) is 0.788. The van der Waals surface area contributed by atoms with Crippen LogP contribution >= 0.6 is 0 Å². The first kappa shape index (κ1) is 9.41.